The molecule has 6 nitrogen and oxygen atoms in total. The second-order valence-corrected chi connectivity index (χ2v) is 5.01. The first-order valence-corrected chi connectivity index (χ1v) is 7.03. The highest BCUT2D eigenvalue weighted by Crippen LogP contribution is 2.10. The Bertz CT molecular complexity index is 718. The van der Waals surface area contributed by atoms with Crippen molar-refractivity contribution >= 4 is 23.5 Å². The smallest absolute Gasteiger partial charge is 0.295 e. The summed E-state index contributed by atoms with van der Waals surface area (Å²) in [5.41, 5.74) is 1.18. The lowest BCUT2D eigenvalue weighted by molar-refractivity contribution is -0.187. The van der Waals surface area contributed by atoms with Gasteiger partial charge in [0.1, 0.15) is 0 Å². The van der Waals surface area contributed by atoms with Crippen molar-refractivity contribution in [2.75, 3.05) is 0 Å². The molecule has 0 aromatic heterocycles. The third-order valence-corrected chi connectivity index (χ3v) is 3.25. The first kappa shape index (κ1) is 17.1. The molecular formula is C18H14O6. The van der Waals surface area contributed by atoms with E-state index in [9.17, 15) is 19.2 Å². The summed E-state index contributed by atoms with van der Waals surface area (Å²) in [6.07, 6.45) is 0. The Labute approximate surface area is 137 Å². The highest BCUT2D eigenvalue weighted by molar-refractivity contribution is 5.97. The number of rotatable bonds is 4. The molecule has 0 N–H and O–H groups in total. The molecular weight excluding hydrogens is 312 g/mol. The van der Waals surface area contributed by atoms with Gasteiger partial charge in [0.15, 0.2) is 11.6 Å². The number of ketones is 2. The minimum absolute atomic E-state index is 0.129. The lowest BCUT2D eigenvalue weighted by atomic mass is 10.1. The molecule has 0 unspecified atom stereocenters. The van der Waals surface area contributed by atoms with Gasteiger partial charge in [-0.3, -0.25) is 9.59 Å². The summed E-state index contributed by atoms with van der Waals surface area (Å²) in [6.45, 7) is 2.82. The maximum Gasteiger partial charge on any atom is 0.386 e. The van der Waals surface area contributed by atoms with Crippen LogP contribution in [0.5, 0.6) is 0 Å². The summed E-state index contributed by atoms with van der Waals surface area (Å²) in [7, 11) is 0. The molecule has 6 heteroatoms. The van der Waals surface area contributed by atoms with Gasteiger partial charge in [-0.2, -0.15) is 0 Å². The van der Waals surface area contributed by atoms with Gasteiger partial charge in [-0.1, -0.05) is 24.3 Å². The van der Waals surface area contributed by atoms with Crippen LogP contribution in [0.15, 0.2) is 48.5 Å². The highest BCUT2D eigenvalue weighted by Gasteiger charge is 2.14. The van der Waals surface area contributed by atoms with Crippen molar-refractivity contribution in [3.8, 4) is 0 Å². The first-order valence-electron chi connectivity index (χ1n) is 7.03. The Balaban J connectivity index is 1.96. The first-order chi connectivity index (χ1) is 11.4. The zero-order chi connectivity index (χ0) is 17.7. The topological polar surface area (TPSA) is 86.7 Å². The lowest BCUT2D eigenvalue weighted by Crippen LogP contribution is -2.12. The monoisotopic (exact) mass is 326 g/mol. The van der Waals surface area contributed by atoms with E-state index in [1.165, 1.54) is 62.4 Å². The van der Waals surface area contributed by atoms with Gasteiger partial charge in [-0.05, 0) is 38.1 Å². The van der Waals surface area contributed by atoms with Crippen LogP contribution in [0.3, 0.4) is 0 Å². The Morgan fingerprint density at radius 2 is 0.792 bits per heavy atom. The molecule has 0 spiro atoms. The van der Waals surface area contributed by atoms with E-state index in [1.54, 1.807) is 0 Å². The van der Waals surface area contributed by atoms with Gasteiger partial charge in [0.2, 0.25) is 0 Å². The summed E-state index contributed by atoms with van der Waals surface area (Å²) in [5, 5.41) is 0. The molecule has 0 saturated heterocycles. The van der Waals surface area contributed by atoms with Gasteiger partial charge in [0, 0.05) is 11.1 Å². The zero-order valence-corrected chi connectivity index (χ0v) is 13.1. The fourth-order valence-electron chi connectivity index (χ4n) is 1.85. The Kier molecular flexibility index (Phi) is 5.21. The highest BCUT2D eigenvalue weighted by atomic mass is 17.2. The molecule has 0 aliphatic rings. The van der Waals surface area contributed by atoms with Crippen molar-refractivity contribution < 1.29 is 29.0 Å². The third-order valence-electron chi connectivity index (χ3n) is 3.25. The van der Waals surface area contributed by atoms with E-state index in [1.807, 2.05) is 0 Å². The van der Waals surface area contributed by atoms with Gasteiger partial charge < -0.3 is 0 Å². The van der Waals surface area contributed by atoms with E-state index >= 15 is 0 Å². The van der Waals surface area contributed by atoms with Crippen LogP contribution >= 0.6 is 0 Å². The van der Waals surface area contributed by atoms with Crippen LogP contribution < -0.4 is 0 Å². The van der Waals surface area contributed by atoms with Crippen LogP contribution in [-0.4, -0.2) is 23.5 Å². The Hall–Kier alpha value is -3.28. The molecule has 2 rings (SSSR count). The van der Waals surface area contributed by atoms with E-state index in [0.29, 0.717) is 11.1 Å². The number of hydrogen-bond acceptors (Lipinski definition) is 6. The SMILES string of the molecule is CC(=O)c1ccc(C(=O)OOC(=O)c2ccc(C(C)=O)cc2)cc1. The van der Waals surface area contributed by atoms with Crippen LogP contribution in [-0.2, 0) is 9.78 Å². The fourth-order valence-corrected chi connectivity index (χ4v) is 1.85. The molecule has 0 radical (unpaired) electrons. The number of hydrogen-bond donors (Lipinski definition) is 0. The lowest BCUT2D eigenvalue weighted by Gasteiger charge is -2.04. The van der Waals surface area contributed by atoms with Gasteiger partial charge >= 0.3 is 11.9 Å². The average molecular weight is 326 g/mol. The van der Waals surface area contributed by atoms with E-state index < -0.39 is 11.9 Å². The minimum Gasteiger partial charge on any atom is -0.295 e. The van der Waals surface area contributed by atoms with E-state index in [-0.39, 0.29) is 22.7 Å². The van der Waals surface area contributed by atoms with Crippen molar-refractivity contribution in [3.05, 3.63) is 70.8 Å². The molecule has 2 aromatic carbocycles. The largest absolute Gasteiger partial charge is 0.386 e. The predicted molar refractivity (Wildman–Crippen MR) is 83.7 cm³/mol. The second-order valence-electron chi connectivity index (χ2n) is 5.01. The molecule has 122 valence electrons. The van der Waals surface area contributed by atoms with Gasteiger partial charge in [-0.25, -0.2) is 19.4 Å². The normalized spacial score (nSPS) is 9.92. The Morgan fingerprint density at radius 1 is 0.542 bits per heavy atom. The van der Waals surface area contributed by atoms with Gasteiger partial charge in [0.25, 0.3) is 0 Å². The number of carbonyl (C=O) groups is 4. The second kappa shape index (κ2) is 7.32. The zero-order valence-electron chi connectivity index (χ0n) is 13.1. The maximum absolute atomic E-state index is 11.8. The molecule has 0 fully saturated rings. The molecule has 0 aliphatic carbocycles. The molecule has 0 saturated carbocycles. The predicted octanol–water partition coefficient (Wildman–Crippen LogP) is 3.02. The summed E-state index contributed by atoms with van der Waals surface area (Å²) in [5.74, 6) is -1.98. The summed E-state index contributed by atoms with van der Waals surface area (Å²) >= 11 is 0. The molecule has 0 heterocycles. The maximum atomic E-state index is 11.8. The van der Waals surface area contributed by atoms with Crippen LogP contribution in [0.25, 0.3) is 0 Å². The van der Waals surface area contributed by atoms with Crippen molar-refractivity contribution in [3.63, 3.8) is 0 Å². The quantitative estimate of drug-likeness (QED) is 0.487. The third kappa shape index (κ3) is 4.13. The van der Waals surface area contributed by atoms with Gasteiger partial charge in [0.05, 0.1) is 11.1 Å². The van der Waals surface area contributed by atoms with Crippen LogP contribution in [0.2, 0.25) is 0 Å². The Morgan fingerprint density at radius 3 is 1.04 bits per heavy atom. The van der Waals surface area contributed by atoms with Crippen LogP contribution in [0.4, 0.5) is 0 Å². The molecule has 0 aliphatic heterocycles. The summed E-state index contributed by atoms with van der Waals surface area (Å²) in [6, 6.07) is 11.5. The number of Topliss-reactive ketones (excluding diaryl/α,β-unsaturated/α-hetero) is 2. The number of carbonyl (C=O) groups excluding carboxylic acids is 4. The van der Waals surface area contributed by atoms with Crippen molar-refractivity contribution in [2.45, 2.75) is 13.8 Å². The van der Waals surface area contributed by atoms with E-state index in [0.717, 1.165) is 0 Å². The standard InChI is InChI=1S/C18H14O6/c1-11(19)13-3-7-15(8-4-13)17(21)23-24-18(22)16-9-5-14(6-10-16)12(2)20/h3-10H,1-2H3. The molecule has 0 atom stereocenters. The number of benzene rings is 2. The van der Waals surface area contributed by atoms with Crippen molar-refractivity contribution in [1.82, 2.24) is 0 Å². The van der Waals surface area contributed by atoms with E-state index in [4.69, 9.17) is 0 Å². The van der Waals surface area contributed by atoms with Crippen molar-refractivity contribution in [1.29, 1.82) is 0 Å². The molecule has 0 amide bonds. The molecule has 2 aromatic rings. The van der Waals surface area contributed by atoms with Gasteiger partial charge in [-0.15, -0.1) is 0 Å². The summed E-state index contributed by atoms with van der Waals surface area (Å²) in [4.78, 5) is 54.8. The minimum atomic E-state index is -0.862. The van der Waals surface area contributed by atoms with Crippen LogP contribution in [0.1, 0.15) is 55.3 Å². The molecule has 0 bridgehead atoms. The van der Waals surface area contributed by atoms with E-state index in [2.05, 4.69) is 9.78 Å². The van der Waals surface area contributed by atoms with Crippen LogP contribution in [0, 0.1) is 0 Å². The summed E-state index contributed by atoms with van der Waals surface area (Å²) < 4.78 is 0. The van der Waals surface area contributed by atoms with Crippen molar-refractivity contribution in [2.24, 2.45) is 0 Å². The molecule has 24 heavy (non-hydrogen) atoms. The fraction of sp³-hybridized carbons (Fsp3) is 0.111. The average Bonchev–Trinajstić information content (AvgIpc) is 2.59.